The molecule has 0 unspecified atom stereocenters. The Kier molecular flexibility index (Phi) is 3.69. The first kappa shape index (κ1) is 12.4. The van der Waals surface area contributed by atoms with Crippen LogP contribution in [-0.2, 0) is 4.79 Å². The van der Waals surface area contributed by atoms with Crippen molar-refractivity contribution in [2.24, 2.45) is 5.73 Å². The number of amides is 1. The standard InChI is InChI=1S/C13H17ClN2O/c14-10-4-3-5-11(8-10)16-12(17)9-13(15)6-1-2-7-13/h3-5,8H,1-2,6-7,9,15H2,(H,16,17). The van der Waals surface area contributed by atoms with E-state index >= 15 is 0 Å². The van der Waals surface area contributed by atoms with E-state index in [9.17, 15) is 4.79 Å². The second kappa shape index (κ2) is 5.07. The molecular weight excluding hydrogens is 236 g/mol. The molecule has 0 aromatic heterocycles. The van der Waals surface area contributed by atoms with Crippen LogP contribution in [0.2, 0.25) is 5.02 Å². The van der Waals surface area contributed by atoms with Gasteiger partial charge < -0.3 is 11.1 Å². The number of hydrogen-bond acceptors (Lipinski definition) is 2. The summed E-state index contributed by atoms with van der Waals surface area (Å²) in [6.07, 6.45) is 4.52. The van der Waals surface area contributed by atoms with Gasteiger partial charge in [-0.15, -0.1) is 0 Å². The van der Waals surface area contributed by atoms with Crippen LogP contribution >= 0.6 is 11.6 Å². The van der Waals surface area contributed by atoms with Crippen LogP contribution in [0.5, 0.6) is 0 Å². The fraction of sp³-hybridized carbons (Fsp3) is 0.462. The maximum Gasteiger partial charge on any atom is 0.226 e. The van der Waals surface area contributed by atoms with Crippen molar-refractivity contribution in [3.8, 4) is 0 Å². The number of carbonyl (C=O) groups is 1. The minimum atomic E-state index is -0.303. The fourth-order valence-corrected chi connectivity index (χ4v) is 2.54. The lowest BCUT2D eigenvalue weighted by Crippen LogP contribution is -2.40. The number of nitrogens with two attached hydrogens (primary N) is 1. The van der Waals surface area contributed by atoms with Gasteiger partial charge in [0.1, 0.15) is 0 Å². The molecule has 0 atom stereocenters. The lowest BCUT2D eigenvalue weighted by Gasteiger charge is -2.22. The molecule has 0 aliphatic heterocycles. The van der Waals surface area contributed by atoms with Crippen molar-refractivity contribution >= 4 is 23.2 Å². The van der Waals surface area contributed by atoms with Gasteiger partial charge in [-0.3, -0.25) is 4.79 Å². The Morgan fingerprint density at radius 1 is 1.41 bits per heavy atom. The van der Waals surface area contributed by atoms with Gasteiger partial charge >= 0.3 is 0 Å². The Morgan fingerprint density at radius 2 is 2.12 bits per heavy atom. The summed E-state index contributed by atoms with van der Waals surface area (Å²) in [6.45, 7) is 0. The average molecular weight is 253 g/mol. The fourth-order valence-electron chi connectivity index (χ4n) is 2.35. The van der Waals surface area contributed by atoms with Crippen LogP contribution in [0.4, 0.5) is 5.69 Å². The van der Waals surface area contributed by atoms with Gasteiger partial charge in [0.25, 0.3) is 0 Å². The predicted octanol–water partition coefficient (Wildman–Crippen LogP) is 2.94. The van der Waals surface area contributed by atoms with Crippen LogP contribution in [-0.4, -0.2) is 11.4 Å². The number of carbonyl (C=O) groups excluding carboxylic acids is 1. The minimum absolute atomic E-state index is 0.0309. The maximum atomic E-state index is 11.9. The van der Waals surface area contributed by atoms with E-state index in [2.05, 4.69) is 5.32 Å². The highest BCUT2D eigenvalue weighted by Crippen LogP contribution is 2.30. The number of rotatable bonds is 3. The Balaban J connectivity index is 1.93. The summed E-state index contributed by atoms with van der Waals surface area (Å²) in [6, 6.07) is 7.14. The summed E-state index contributed by atoms with van der Waals surface area (Å²) >= 11 is 5.85. The van der Waals surface area contributed by atoms with E-state index in [0.717, 1.165) is 31.4 Å². The predicted molar refractivity (Wildman–Crippen MR) is 70.1 cm³/mol. The molecule has 1 amide bonds. The summed E-state index contributed by atoms with van der Waals surface area (Å²) in [7, 11) is 0. The average Bonchev–Trinajstić information content (AvgIpc) is 2.64. The maximum absolute atomic E-state index is 11.9. The van der Waals surface area contributed by atoms with Gasteiger partial charge in [-0.05, 0) is 31.0 Å². The largest absolute Gasteiger partial charge is 0.326 e. The molecule has 1 aromatic carbocycles. The van der Waals surface area contributed by atoms with Crippen molar-refractivity contribution in [2.45, 2.75) is 37.6 Å². The zero-order valence-electron chi connectivity index (χ0n) is 9.71. The van der Waals surface area contributed by atoms with Crippen molar-refractivity contribution in [3.63, 3.8) is 0 Å². The van der Waals surface area contributed by atoms with E-state index in [1.165, 1.54) is 0 Å². The summed E-state index contributed by atoms with van der Waals surface area (Å²) in [4.78, 5) is 11.9. The van der Waals surface area contributed by atoms with Crippen molar-refractivity contribution in [3.05, 3.63) is 29.3 Å². The van der Waals surface area contributed by atoms with Crippen molar-refractivity contribution in [2.75, 3.05) is 5.32 Å². The minimum Gasteiger partial charge on any atom is -0.326 e. The second-order valence-electron chi connectivity index (χ2n) is 4.80. The van der Waals surface area contributed by atoms with Gasteiger partial charge in [0, 0.05) is 22.7 Å². The summed E-state index contributed by atoms with van der Waals surface area (Å²) in [5.41, 5.74) is 6.58. The molecule has 3 nitrogen and oxygen atoms in total. The van der Waals surface area contributed by atoms with Gasteiger partial charge in [0.15, 0.2) is 0 Å². The number of halogens is 1. The molecule has 17 heavy (non-hydrogen) atoms. The van der Waals surface area contributed by atoms with Gasteiger partial charge in [-0.25, -0.2) is 0 Å². The Morgan fingerprint density at radius 3 is 2.76 bits per heavy atom. The third kappa shape index (κ3) is 3.45. The van der Waals surface area contributed by atoms with Gasteiger partial charge in [0.05, 0.1) is 0 Å². The molecule has 0 radical (unpaired) electrons. The van der Waals surface area contributed by atoms with Crippen LogP contribution in [0.1, 0.15) is 32.1 Å². The molecule has 0 bridgehead atoms. The summed E-state index contributed by atoms with van der Waals surface area (Å²) < 4.78 is 0. The smallest absolute Gasteiger partial charge is 0.226 e. The third-order valence-corrected chi connectivity index (χ3v) is 3.46. The topological polar surface area (TPSA) is 55.1 Å². The van der Waals surface area contributed by atoms with Crippen LogP contribution in [0.3, 0.4) is 0 Å². The highest BCUT2D eigenvalue weighted by atomic mass is 35.5. The Hall–Kier alpha value is -1.06. The van der Waals surface area contributed by atoms with E-state index in [1.54, 1.807) is 12.1 Å². The van der Waals surface area contributed by atoms with Crippen LogP contribution in [0, 0.1) is 0 Å². The Labute approximate surface area is 106 Å². The third-order valence-electron chi connectivity index (χ3n) is 3.22. The monoisotopic (exact) mass is 252 g/mol. The molecule has 3 N–H and O–H groups in total. The lowest BCUT2D eigenvalue weighted by molar-refractivity contribution is -0.117. The van der Waals surface area contributed by atoms with Crippen molar-refractivity contribution in [1.82, 2.24) is 0 Å². The summed E-state index contributed by atoms with van der Waals surface area (Å²) in [5.74, 6) is -0.0309. The SMILES string of the molecule is NC1(CC(=O)Nc2cccc(Cl)c2)CCCC1. The molecule has 4 heteroatoms. The van der Waals surface area contributed by atoms with E-state index in [1.807, 2.05) is 12.1 Å². The molecule has 1 aliphatic rings. The zero-order valence-corrected chi connectivity index (χ0v) is 10.5. The summed E-state index contributed by atoms with van der Waals surface area (Å²) in [5, 5.41) is 3.45. The molecule has 1 aliphatic carbocycles. The molecule has 0 heterocycles. The van der Waals surface area contributed by atoms with E-state index in [0.29, 0.717) is 11.4 Å². The highest BCUT2D eigenvalue weighted by molar-refractivity contribution is 6.30. The first-order valence-electron chi connectivity index (χ1n) is 5.92. The van der Waals surface area contributed by atoms with Crippen LogP contribution in [0.15, 0.2) is 24.3 Å². The number of hydrogen-bond donors (Lipinski definition) is 2. The highest BCUT2D eigenvalue weighted by Gasteiger charge is 2.31. The molecule has 2 rings (SSSR count). The van der Waals surface area contributed by atoms with Crippen molar-refractivity contribution < 1.29 is 4.79 Å². The van der Waals surface area contributed by atoms with Crippen molar-refractivity contribution in [1.29, 1.82) is 0 Å². The molecule has 1 aromatic rings. The molecule has 92 valence electrons. The normalized spacial score (nSPS) is 18.0. The molecule has 1 fully saturated rings. The van der Waals surface area contributed by atoms with Gasteiger partial charge in [-0.1, -0.05) is 30.5 Å². The van der Waals surface area contributed by atoms with Gasteiger partial charge in [-0.2, -0.15) is 0 Å². The Bertz CT molecular complexity index is 414. The van der Waals surface area contributed by atoms with E-state index in [4.69, 9.17) is 17.3 Å². The van der Waals surface area contributed by atoms with E-state index < -0.39 is 0 Å². The number of benzene rings is 1. The number of nitrogens with one attached hydrogen (secondary N) is 1. The van der Waals surface area contributed by atoms with E-state index in [-0.39, 0.29) is 11.4 Å². The molecular formula is C13H17ClN2O. The van der Waals surface area contributed by atoms with Gasteiger partial charge in [0.2, 0.25) is 5.91 Å². The number of anilines is 1. The zero-order chi connectivity index (χ0) is 12.3. The lowest BCUT2D eigenvalue weighted by atomic mass is 9.94. The van der Waals surface area contributed by atoms with Crippen LogP contribution < -0.4 is 11.1 Å². The first-order chi connectivity index (χ1) is 8.07. The molecule has 0 spiro atoms. The quantitative estimate of drug-likeness (QED) is 0.869. The first-order valence-corrected chi connectivity index (χ1v) is 6.30. The van der Waals surface area contributed by atoms with Crippen LogP contribution in [0.25, 0.3) is 0 Å². The second-order valence-corrected chi connectivity index (χ2v) is 5.24. The molecule has 0 saturated heterocycles. The molecule has 1 saturated carbocycles.